The summed E-state index contributed by atoms with van der Waals surface area (Å²) in [5.74, 6) is -0.642. The fourth-order valence-corrected chi connectivity index (χ4v) is 2.36. The van der Waals surface area contributed by atoms with Crippen LogP contribution in [0.5, 0.6) is 0 Å². The molecule has 1 rings (SSSR count). The fourth-order valence-electron chi connectivity index (χ4n) is 2.36. The number of carboxylic acids is 1. The molecule has 0 aromatic carbocycles. The van der Waals surface area contributed by atoms with Crippen molar-refractivity contribution in [1.82, 2.24) is 4.90 Å². The van der Waals surface area contributed by atoms with Gasteiger partial charge in [-0.05, 0) is 51.2 Å². The monoisotopic (exact) mass is 199 g/mol. The first kappa shape index (κ1) is 11.5. The van der Waals surface area contributed by atoms with E-state index in [9.17, 15) is 4.79 Å². The van der Waals surface area contributed by atoms with Crippen LogP contribution in [0.2, 0.25) is 0 Å². The number of aliphatic carboxylic acids is 1. The molecule has 0 aliphatic carbocycles. The van der Waals surface area contributed by atoms with Gasteiger partial charge in [-0.15, -0.1) is 0 Å². The summed E-state index contributed by atoms with van der Waals surface area (Å²) in [6.07, 6.45) is 4.58. The van der Waals surface area contributed by atoms with Gasteiger partial charge < -0.3 is 10.0 Å². The van der Waals surface area contributed by atoms with Crippen LogP contribution in [0.15, 0.2) is 0 Å². The molecule has 1 aliphatic heterocycles. The molecular weight excluding hydrogens is 178 g/mol. The van der Waals surface area contributed by atoms with Gasteiger partial charge in [-0.25, -0.2) is 0 Å². The van der Waals surface area contributed by atoms with E-state index in [0.29, 0.717) is 6.42 Å². The van der Waals surface area contributed by atoms with Gasteiger partial charge in [-0.2, -0.15) is 0 Å². The summed E-state index contributed by atoms with van der Waals surface area (Å²) in [7, 11) is 2.12. The van der Waals surface area contributed by atoms with Crippen molar-refractivity contribution in [2.75, 3.05) is 20.1 Å². The first-order valence-corrected chi connectivity index (χ1v) is 5.48. The van der Waals surface area contributed by atoms with Crippen LogP contribution in [0.3, 0.4) is 0 Å². The molecule has 1 saturated heterocycles. The molecule has 0 bridgehead atoms. The Hall–Kier alpha value is -0.570. The highest BCUT2D eigenvalue weighted by atomic mass is 16.4. The number of rotatable bonds is 3. The number of hydrogen-bond acceptors (Lipinski definition) is 2. The van der Waals surface area contributed by atoms with Crippen molar-refractivity contribution in [3.8, 4) is 0 Å². The van der Waals surface area contributed by atoms with Gasteiger partial charge in [0.05, 0.1) is 6.42 Å². The Morgan fingerprint density at radius 1 is 1.43 bits per heavy atom. The third-order valence-electron chi connectivity index (χ3n) is 3.55. The second-order valence-corrected chi connectivity index (χ2v) is 4.58. The van der Waals surface area contributed by atoms with Gasteiger partial charge in [-0.1, -0.05) is 6.92 Å². The van der Waals surface area contributed by atoms with Crippen molar-refractivity contribution in [3.63, 3.8) is 0 Å². The third kappa shape index (κ3) is 2.98. The van der Waals surface area contributed by atoms with Gasteiger partial charge in [-0.3, -0.25) is 4.79 Å². The Balaban J connectivity index is 2.62. The predicted molar refractivity (Wildman–Crippen MR) is 56.3 cm³/mol. The van der Waals surface area contributed by atoms with Crippen molar-refractivity contribution in [1.29, 1.82) is 0 Å². The zero-order valence-electron chi connectivity index (χ0n) is 9.25. The van der Waals surface area contributed by atoms with Gasteiger partial charge in [0.15, 0.2) is 0 Å². The van der Waals surface area contributed by atoms with Gasteiger partial charge in [0.2, 0.25) is 0 Å². The molecule has 1 heterocycles. The second-order valence-electron chi connectivity index (χ2n) is 4.58. The van der Waals surface area contributed by atoms with Crippen LogP contribution in [0.25, 0.3) is 0 Å². The van der Waals surface area contributed by atoms with Crippen molar-refractivity contribution in [2.24, 2.45) is 5.41 Å². The Labute approximate surface area is 86.1 Å². The average molecular weight is 199 g/mol. The van der Waals surface area contributed by atoms with Gasteiger partial charge >= 0.3 is 5.97 Å². The van der Waals surface area contributed by atoms with Crippen LogP contribution in [0.4, 0.5) is 0 Å². The van der Waals surface area contributed by atoms with Crippen LogP contribution < -0.4 is 0 Å². The van der Waals surface area contributed by atoms with E-state index in [0.717, 1.165) is 38.8 Å². The molecule has 1 unspecified atom stereocenters. The molecule has 3 nitrogen and oxygen atoms in total. The molecule has 0 aromatic heterocycles. The minimum atomic E-state index is -0.642. The molecule has 1 fully saturated rings. The first-order chi connectivity index (χ1) is 6.58. The van der Waals surface area contributed by atoms with E-state index in [1.165, 1.54) is 0 Å². The van der Waals surface area contributed by atoms with Crippen molar-refractivity contribution < 1.29 is 9.90 Å². The summed E-state index contributed by atoms with van der Waals surface area (Å²) >= 11 is 0. The fraction of sp³-hybridized carbons (Fsp3) is 0.909. The lowest BCUT2D eigenvalue weighted by molar-refractivity contribution is -0.140. The standard InChI is InChI=1S/C11H21NO2/c1-3-11(9-10(13)14)5-4-7-12(2)8-6-11/h3-9H2,1-2H3,(H,13,14). The number of carbonyl (C=O) groups is 1. The Morgan fingerprint density at radius 3 is 2.71 bits per heavy atom. The zero-order chi connectivity index (χ0) is 10.6. The summed E-state index contributed by atoms with van der Waals surface area (Å²) < 4.78 is 0. The normalized spacial score (nSPS) is 29.9. The molecule has 1 aliphatic rings. The SMILES string of the molecule is CCC1(CC(=O)O)CCCN(C)CC1. The minimum Gasteiger partial charge on any atom is -0.481 e. The Bertz CT molecular complexity index is 205. The van der Waals surface area contributed by atoms with Crippen LogP contribution in [-0.4, -0.2) is 36.1 Å². The summed E-state index contributed by atoms with van der Waals surface area (Å²) in [5.41, 5.74) is 0.0661. The maximum atomic E-state index is 10.8. The van der Waals surface area contributed by atoms with E-state index >= 15 is 0 Å². The van der Waals surface area contributed by atoms with Crippen molar-refractivity contribution >= 4 is 5.97 Å². The second kappa shape index (κ2) is 4.78. The van der Waals surface area contributed by atoms with Crippen LogP contribution in [0.1, 0.15) is 39.0 Å². The maximum Gasteiger partial charge on any atom is 0.303 e. The molecule has 82 valence electrons. The van der Waals surface area contributed by atoms with Crippen molar-refractivity contribution in [2.45, 2.75) is 39.0 Å². The quantitative estimate of drug-likeness (QED) is 0.755. The molecule has 0 saturated carbocycles. The van der Waals surface area contributed by atoms with E-state index in [1.807, 2.05) is 0 Å². The number of nitrogens with zero attached hydrogens (tertiary/aromatic N) is 1. The smallest absolute Gasteiger partial charge is 0.303 e. The molecule has 1 atom stereocenters. The molecule has 0 radical (unpaired) electrons. The van der Waals surface area contributed by atoms with E-state index in [-0.39, 0.29) is 5.41 Å². The first-order valence-electron chi connectivity index (χ1n) is 5.48. The summed E-state index contributed by atoms with van der Waals surface area (Å²) in [6.45, 7) is 4.27. The largest absolute Gasteiger partial charge is 0.481 e. The molecule has 0 aromatic rings. The number of likely N-dealkylation sites (tertiary alicyclic amines) is 1. The van der Waals surface area contributed by atoms with Gasteiger partial charge in [0.25, 0.3) is 0 Å². The maximum absolute atomic E-state index is 10.8. The summed E-state index contributed by atoms with van der Waals surface area (Å²) in [6, 6.07) is 0. The van der Waals surface area contributed by atoms with Crippen LogP contribution in [-0.2, 0) is 4.79 Å². The third-order valence-corrected chi connectivity index (χ3v) is 3.55. The zero-order valence-corrected chi connectivity index (χ0v) is 9.25. The molecule has 0 spiro atoms. The van der Waals surface area contributed by atoms with Crippen LogP contribution in [0, 0.1) is 5.41 Å². The van der Waals surface area contributed by atoms with E-state index in [4.69, 9.17) is 5.11 Å². The average Bonchev–Trinajstić information content (AvgIpc) is 2.29. The van der Waals surface area contributed by atoms with Gasteiger partial charge in [0, 0.05) is 0 Å². The minimum absolute atomic E-state index is 0.0661. The molecular formula is C11H21NO2. The van der Waals surface area contributed by atoms with Crippen molar-refractivity contribution in [3.05, 3.63) is 0 Å². The van der Waals surface area contributed by atoms with Crippen LogP contribution >= 0.6 is 0 Å². The number of hydrogen-bond donors (Lipinski definition) is 1. The lowest BCUT2D eigenvalue weighted by atomic mass is 9.75. The summed E-state index contributed by atoms with van der Waals surface area (Å²) in [4.78, 5) is 13.1. The molecule has 3 heteroatoms. The highest BCUT2D eigenvalue weighted by Crippen LogP contribution is 2.37. The van der Waals surface area contributed by atoms with E-state index in [2.05, 4.69) is 18.9 Å². The Kier molecular flexibility index (Phi) is 3.93. The van der Waals surface area contributed by atoms with E-state index in [1.54, 1.807) is 0 Å². The highest BCUT2D eigenvalue weighted by molar-refractivity contribution is 5.67. The molecule has 1 N–H and O–H groups in total. The topological polar surface area (TPSA) is 40.5 Å². The highest BCUT2D eigenvalue weighted by Gasteiger charge is 2.32. The predicted octanol–water partition coefficient (Wildman–Crippen LogP) is 1.97. The van der Waals surface area contributed by atoms with Gasteiger partial charge in [0.1, 0.15) is 0 Å². The van der Waals surface area contributed by atoms with E-state index < -0.39 is 5.97 Å². The lowest BCUT2D eigenvalue weighted by Gasteiger charge is -2.29. The lowest BCUT2D eigenvalue weighted by Crippen LogP contribution is -2.26. The molecule has 14 heavy (non-hydrogen) atoms. The number of carboxylic acid groups (broad SMARTS) is 1. The summed E-state index contributed by atoms with van der Waals surface area (Å²) in [5, 5.41) is 8.91. The molecule has 0 amide bonds. The Morgan fingerprint density at radius 2 is 2.14 bits per heavy atom.